The Bertz CT molecular complexity index is 563. The number of unbranched alkanes of at least 4 members (excludes halogenated alkanes) is 4. The van der Waals surface area contributed by atoms with Crippen LogP contribution < -0.4 is 0 Å². The number of benzene rings is 1. The van der Waals surface area contributed by atoms with E-state index >= 15 is 0 Å². The monoisotopic (exact) mass is 372 g/mol. The van der Waals surface area contributed by atoms with Crippen molar-refractivity contribution < 1.29 is 0 Å². The van der Waals surface area contributed by atoms with Crippen molar-refractivity contribution in [2.45, 2.75) is 127 Å². The van der Waals surface area contributed by atoms with Gasteiger partial charge in [0.2, 0.25) is 0 Å². The van der Waals surface area contributed by atoms with Gasteiger partial charge in [-0.25, -0.2) is 0 Å². The first-order valence-corrected chi connectivity index (χ1v) is 11.5. The maximum Gasteiger partial charge on any atom is -0.0274 e. The smallest absolute Gasteiger partial charge is 0.0274 e. The Morgan fingerprint density at radius 3 is 1.63 bits per heavy atom. The fourth-order valence-electron chi connectivity index (χ4n) is 4.15. The maximum absolute atomic E-state index is 2.49. The third-order valence-corrected chi connectivity index (χ3v) is 6.09. The van der Waals surface area contributed by atoms with E-state index < -0.39 is 0 Å². The molecule has 0 heteroatoms. The minimum absolute atomic E-state index is 0.470. The summed E-state index contributed by atoms with van der Waals surface area (Å²) in [5, 5.41) is 0. The lowest BCUT2D eigenvalue weighted by Crippen LogP contribution is -2.05. The number of aryl methyl sites for hydroxylation is 2. The highest BCUT2D eigenvalue weighted by atomic mass is 14.2. The maximum atomic E-state index is 2.49. The minimum Gasteiger partial charge on any atom is -0.0602 e. The van der Waals surface area contributed by atoms with Crippen molar-refractivity contribution in [3.8, 4) is 0 Å². The van der Waals surface area contributed by atoms with Crippen molar-refractivity contribution in [1.29, 1.82) is 0 Å². The van der Waals surface area contributed by atoms with Gasteiger partial charge in [0.15, 0.2) is 0 Å². The van der Waals surface area contributed by atoms with Crippen molar-refractivity contribution in [3.63, 3.8) is 0 Å². The van der Waals surface area contributed by atoms with E-state index in [0.29, 0.717) is 10.8 Å². The van der Waals surface area contributed by atoms with Crippen molar-refractivity contribution in [3.05, 3.63) is 33.9 Å². The second-order valence-corrected chi connectivity index (χ2v) is 11.3. The van der Waals surface area contributed by atoms with Gasteiger partial charge in [0.1, 0.15) is 0 Å². The van der Waals surface area contributed by atoms with E-state index in [0.717, 1.165) is 0 Å². The summed E-state index contributed by atoms with van der Waals surface area (Å²) >= 11 is 0. The van der Waals surface area contributed by atoms with E-state index in [-0.39, 0.29) is 0 Å². The zero-order chi connectivity index (χ0) is 20.7. The van der Waals surface area contributed by atoms with E-state index in [2.05, 4.69) is 68.4 Å². The topological polar surface area (TPSA) is 0 Å². The summed E-state index contributed by atoms with van der Waals surface area (Å²) < 4.78 is 0. The number of hydrogen-bond donors (Lipinski definition) is 0. The average Bonchev–Trinajstić information content (AvgIpc) is 2.52. The van der Waals surface area contributed by atoms with Gasteiger partial charge in [-0.15, -0.1) is 0 Å². The van der Waals surface area contributed by atoms with Gasteiger partial charge < -0.3 is 0 Å². The molecule has 0 amide bonds. The van der Waals surface area contributed by atoms with Gasteiger partial charge in [-0.2, -0.15) is 0 Å². The Morgan fingerprint density at radius 2 is 1.07 bits per heavy atom. The van der Waals surface area contributed by atoms with Crippen LogP contribution in [0.3, 0.4) is 0 Å². The molecule has 27 heavy (non-hydrogen) atoms. The molecule has 156 valence electrons. The third kappa shape index (κ3) is 9.82. The molecule has 0 nitrogen and oxygen atoms in total. The summed E-state index contributed by atoms with van der Waals surface area (Å²) in [5.74, 6) is 0. The van der Waals surface area contributed by atoms with Crippen LogP contribution in [-0.2, 0) is 12.8 Å². The normalized spacial score (nSPS) is 12.6. The van der Waals surface area contributed by atoms with Gasteiger partial charge in [-0.3, -0.25) is 0 Å². The standard InChI is InChI=1S/C27H48/c1-21-20-24(16-13-15-19-27(7,8)9)22(2)23(3)25(21)17-12-10-11-14-18-26(4,5)6/h20H,10-19H2,1-9H3. The van der Waals surface area contributed by atoms with Crippen LogP contribution in [0, 0.1) is 31.6 Å². The first-order chi connectivity index (χ1) is 12.4. The zero-order valence-electron chi connectivity index (χ0n) is 20.1. The number of hydrogen-bond acceptors (Lipinski definition) is 0. The van der Waals surface area contributed by atoms with E-state index in [4.69, 9.17) is 0 Å². The van der Waals surface area contributed by atoms with E-state index in [1.165, 1.54) is 69.8 Å². The van der Waals surface area contributed by atoms with Gasteiger partial charge >= 0.3 is 0 Å². The van der Waals surface area contributed by atoms with E-state index in [9.17, 15) is 0 Å². The lowest BCUT2D eigenvalue weighted by atomic mass is 9.86. The van der Waals surface area contributed by atoms with Gasteiger partial charge in [-0.1, -0.05) is 73.3 Å². The highest BCUT2D eigenvalue weighted by Crippen LogP contribution is 2.27. The van der Waals surface area contributed by atoms with Gasteiger partial charge in [-0.05, 0) is 97.9 Å². The fraction of sp³-hybridized carbons (Fsp3) is 0.778. The van der Waals surface area contributed by atoms with Crippen molar-refractivity contribution in [2.24, 2.45) is 10.8 Å². The molecule has 1 aromatic rings. The first kappa shape index (κ1) is 24.3. The van der Waals surface area contributed by atoms with E-state index in [1.54, 1.807) is 22.3 Å². The van der Waals surface area contributed by atoms with Crippen LogP contribution in [0.25, 0.3) is 0 Å². The summed E-state index contributed by atoms with van der Waals surface area (Å²) in [6.45, 7) is 21.2. The van der Waals surface area contributed by atoms with Crippen LogP contribution in [0.5, 0.6) is 0 Å². The van der Waals surface area contributed by atoms with Crippen molar-refractivity contribution in [2.75, 3.05) is 0 Å². The molecule has 0 aliphatic carbocycles. The molecule has 0 spiro atoms. The highest BCUT2D eigenvalue weighted by molar-refractivity contribution is 5.44. The van der Waals surface area contributed by atoms with Crippen molar-refractivity contribution in [1.82, 2.24) is 0 Å². The Morgan fingerprint density at radius 1 is 0.593 bits per heavy atom. The summed E-state index contributed by atoms with van der Waals surface area (Å²) in [7, 11) is 0. The quantitative estimate of drug-likeness (QED) is 0.360. The summed E-state index contributed by atoms with van der Waals surface area (Å²) in [6, 6.07) is 2.49. The molecule has 1 aromatic carbocycles. The molecule has 0 N–H and O–H groups in total. The second-order valence-electron chi connectivity index (χ2n) is 11.3. The second kappa shape index (κ2) is 10.7. The van der Waals surface area contributed by atoms with Crippen LogP contribution in [0.1, 0.15) is 121 Å². The molecule has 1 rings (SSSR count). The van der Waals surface area contributed by atoms with Crippen LogP contribution in [0.4, 0.5) is 0 Å². The lowest BCUT2D eigenvalue weighted by molar-refractivity contribution is 0.357. The van der Waals surface area contributed by atoms with Crippen molar-refractivity contribution >= 4 is 0 Å². The van der Waals surface area contributed by atoms with Gasteiger partial charge in [0, 0.05) is 0 Å². The third-order valence-electron chi connectivity index (χ3n) is 6.09. The fourth-order valence-corrected chi connectivity index (χ4v) is 4.15. The van der Waals surface area contributed by atoms with Gasteiger partial charge in [0.05, 0.1) is 0 Å². The van der Waals surface area contributed by atoms with E-state index in [1.807, 2.05) is 0 Å². The largest absolute Gasteiger partial charge is 0.0602 e. The van der Waals surface area contributed by atoms with Crippen LogP contribution in [0.15, 0.2) is 6.07 Å². The molecule has 0 heterocycles. The highest BCUT2D eigenvalue weighted by Gasteiger charge is 2.13. The van der Waals surface area contributed by atoms with Crippen LogP contribution in [-0.4, -0.2) is 0 Å². The Kier molecular flexibility index (Phi) is 9.59. The predicted octanol–water partition coefficient (Wildman–Crippen LogP) is 8.91. The molecule has 0 aromatic heterocycles. The molecule has 0 aliphatic rings. The molecule has 0 bridgehead atoms. The molecule has 0 saturated carbocycles. The summed E-state index contributed by atoms with van der Waals surface area (Å²) in [6.07, 6.45) is 13.4. The molecule has 0 unspecified atom stereocenters. The molecular weight excluding hydrogens is 324 g/mol. The minimum atomic E-state index is 0.470. The lowest BCUT2D eigenvalue weighted by Gasteiger charge is -2.19. The summed E-state index contributed by atoms with van der Waals surface area (Å²) in [5.41, 5.74) is 8.83. The van der Waals surface area contributed by atoms with Crippen LogP contribution >= 0.6 is 0 Å². The predicted molar refractivity (Wildman–Crippen MR) is 124 cm³/mol. The zero-order valence-corrected chi connectivity index (χ0v) is 20.1. The summed E-state index contributed by atoms with van der Waals surface area (Å²) in [4.78, 5) is 0. The molecule has 0 aliphatic heterocycles. The molecule has 0 atom stereocenters. The number of rotatable bonds is 10. The molecular formula is C27H48. The first-order valence-electron chi connectivity index (χ1n) is 11.5. The Hall–Kier alpha value is -0.780. The molecule has 0 radical (unpaired) electrons. The molecule has 0 fully saturated rings. The van der Waals surface area contributed by atoms with Gasteiger partial charge in [0.25, 0.3) is 0 Å². The Balaban J connectivity index is 2.52. The average molecular weight is 373 g/mol. The Labute approximate surface area is 171 Å². The SMILES string of the molecule is Cc1cc(CCCCC(C)(C)C)c(C)c(C)c1CCCCCCC(C)(C)C. The molecule has 0 saturated heterocycles. The van der Waals surface area contributed by atoms with Crippen LogP contribution in [0.2, 0.25) is 0 Å².